The Labute approximate surface area is 98.2 Å². The van der Waals surface area contributed by atoms with E-state index < -0.39 is 11.9 Å². The van der Waals surface area contributed by atoms with Crippen molar-refractivity contribution in [2.75, 3.05) is 6.54 Å². The molecule has 2 N–H and O–H groups in total. The van der Waals surface area contributed by atoms with Crippen molar-refractivity contribution in [3.8, 4) is 0 Å². The van der Waals surface area contributed by atoms with E-state index in [1.54, 1.807) is 6.92 Å². The summed E-state index contributed by atoms with van der Waals surface area (Å²) in [5.74, 6) is -0.687. The van der Waals surface area contributed by atoms with Gasteiger partial charge in [0.1, 0.15) is 5.82 Å². The van der Waals surface area contributed by atoms with Crippen molar-refractivity contribution in [3.63, 3.8) is 0 Å². The van der Waals surface area contributed by atoms with Gasteiger partial charge in [0.15, 0.2) is 0 Å². The number of hydrogen-bond acceptors (Lipinski definition) is 2. The van der Waals surface area contributed by atoms with Gasteiger partial charge in [0.25, 0.3) is 0 Å². The number of nitrogens with one attached hydrogen (secondary N) is 1. The second-order valence-corrected chi connectivity index (χ2v) is 3.97. The van der Waals surface area contributed by atoms with E-state index in [4.69, 9.17) is 16.7 Å². The number of carbonyl (C=O) groups excluding carboxylic acids is 1. The van der Waals surface area contributed by atoms with E-state index in [0.717, 1.165) is 0 Å². The number of amides is 1. The standard InChI is InChI=1S/C11H13ClFNO2/c1-7(15)6-14-11(16)4-8-2-3-9(13)5-10(8)12/h2-3,5,7,15H,4,6H2,1H3,(H,14,16). The molecule has 0 aromatic heterocycles. The lowest BCUT2D eigenvalue weighted by atomic mass is 10.1. The Hall–Kier alpha value is -1.13. The van der Waals surface area contributed by atoms with E-state index >= 15 is 0 Å². The van der Waals surface area contributed by atoms with Gasteiger partial charge in [0.2, 0.25) is 5.91 Å². The van der Waals surface area contributed by atoms with Crippen LogP contribution in [0.15, 0.2) is 18.2 Å². The zero-order chi connectivity index (χ0) is 12.1. The quantitative estimate of drug-likeness (QED) is 0.845. The van der Waals surface area contributed by atoms with Crippen molar-refractivity contribution < 1.29 is 14.3 Å². The molecular weight excluding hydrogens is 233 g/mol. The van der Waals surface area contributed by atoms with Crippen molar-refractivity contribution in [3.05, 3.63) is 34.6 Å². The van der Waals surface area contributed by atoms with E-state index in [2.05, 4.69) is 5.32 Å². The van der Waals surface area contributed by atoms with Crippen molar-refractivity contribution >= 4 is 17.5 Å². The summed E-state index contributed by atoms with van der Waals surface area (Å²) in [6.45, 7) is 1.77. The molecule has 1 atom stereocenters. The first-order valence-electron chi connectivity index (χ1n) is 4.87. The molecule has 1 aromatic rings. The number of halogens is 2. The van der Waals surface area contributed by atoms with Crippen LogP contribution in [0.4, 0.5) is 4.39 Å². The van der Waals surface area contributed by atoms with Gasteiger partial charge in [-0.05, 0) is 24.6 Å². The SMILES string of the molecule is CC(O)CNC(=O)Cc1ccc(F)cc1Cl. The van der Waals surface area contributed by atoms with Gasteiger partial charge in [-0.2, -0.15) is 0 Å². The molecule has 0 aliphatic heterocycles. The number of benzene rings is 1. The van der Waals surface area contributed by atoms with Gasteiger partial charge in [-0.15, -0.1) is 0 Å². The van der Waals surface area contributed by atoms with Crippen LogP contribution in [0.3, 0.4) is 0 Å². The van der Waals surface area contributed by atoms with Crippen molar-refractivity contribution in [1.82, 2.24) is 5.32 Å². The van der Waals surface area contributed by atoms with Gasteiger partial charge in [0.05, 0.1) is 12.5 Å². The van der Waals surface area contributed by atoms with Crippen molar-refractivity contribution in [2.24, 2.45) is 0 Å². The summed E-state index contributed by atoms with van der Waals surface area (Å²) in [5, 5.41) is 11.7. The zero-order valence-electron chi connectivity index (χ0n) is 8.84. The summed E-state index contributed by atoms with van der Waals surface area (Å²) < 4.78 is 12.7. The molecule has 0 aliphatic rings. The molecule has 0 saturated heterocycles. The van der Waals surface area contributed by atoms with Crippen molar-refractivity contribution in [2.45, 2.75) is 19.4 Å². The second-order valence-electron chi connectivity index (χ2n) is 3.57. The van der Waals surface area contributed by atoms with Crippen LogP contribution in [0.25, 0.3) is 0 Å². The molecular formula is C11H13ClFNO2. The van der Waals surface area contributed by atoms with E-state index in [0.29, 0.717) is 5.56 Å². The minimum Gasteiger partial charge on any atom is -0.392 e. The summed E-state index contributed by atoms with van der Waals surface area (Å²) in [7, 11) is 0. The smallest absolute Gasteiger partial charge is 0.224 e. The molecule has 1 rings (SSSR count). The highest BCUT2D eigenvalue weighted by Gasteiger charge is 2.08. The predicted octanol–water partition coefficient (Wildman–Crippen LogP) is 1.52. The summed E-state index contributed by atoms with van der Waals surface area (Å²) in [6, 6.07) is 3.89. The molecule has 3 nitrogen and oxygen atoms in total. The Morgan fingerprint density at radius 2 is 2.31 bits per heavy atom. The molecule has 0 fully saturated rings. The first-order valence-corrected chi connectivity index (χ1v) is 5.25. The number of rotatable bonds is 4. The molecule has 1 unspecified atom stereocenters. The fraction of sp³-hybridized carbons (Fsp3) is 0.364. The third-order valence-corrected chi connectivity index (χ3v) is 2.31. The number of carbonyl (C=O) groups is 1. The number of aliphatic hydroxyl groups excluding tert-OH is 1. The molecule has 0 saturated carbocycles. The zero-order valence-corrected chi connectivity index (χ0v) is 9.59. The molecule has 0 aliphatic carbocycles. The largest absolute Gasteiger partial charge is 0.392 e. The van der Waals surface area contributed by atoms with Crippen LogP contribution in [0.1, 0.15) is 12.5 Å². The van der Waals surface area contributed by atoms with Gasteiger partial charge in [-0.25, -0.2) is 4.39 Å². The third kappa shape index (κ3) is 4.16. The third-order valence-electron chi connectivity index (χ3n) is 1.96. The van der Waals surface area contributed by atoms with E-state index in [1.807, 2.05) is 0 Å². The highest BCUT2D eigenvalue weighted by molar-refractivity contribution is 6.31. The molecule has 0 heterocycles. The summed E-state index contributed by atoms with van der Waals surface area (Å²) >= 11 is 5.77. The lowest BCUT2D eigenvalue weighted by Gasteiger charge is -2.08. The Balaban J connectivity index is 2.56. The highest BCUT2D eigenvalue weighted by Crippen LogP contribution is 2.17. The Kier molecular flexibility index (Phi) is 4.71. The molecule has 1 amide bonds. The van der Waals surface area contributed by atoms with Crippen LogP contribution in [0.2, 0.25) is 5.02 Å². The first-order chi connectivity index (χ1) is 7.49. The summed E-state index contributed by atoms with van der Waals surface area (Å²) in [4.78, 5) is 11.4. The average molecular weight is 246 g/mol. The number of aliphatic hydroxyl groups is 1. The molecule has 0 bridgehead atoms. The maximum absolute atomic E-state index is 12.7. The summed E-state index contributed by atoms with van der Waals surface area (Å²) in [5.41, 5.74) is 0.561. The van der Waals surface area contributed by atoms with Gasteiger partial charge in [-0.3, -0.25) is 4.79 Å². The number of hydrogen-bond donors (Lipinski definition) is 2. The van der Waals surface area contributed by atoms with Gasteiger partial charge in [0, 0.05) is 11.6 Å². The lowest BCUT2D eigenvalue weighted by Crippen LogP contribution is -2.31. The fourth-order valence-electron chi connectivity index (χ4n) is 1.16. The fourth-order valence-corrected chi connectivity index (χ4v) is 1.40. The molecule has 0 radical (unpaired) electrons. The van der Waals surface area contributed by atoms with E-state index in [9.17, 15) is 9.18 Å². The molecule has 5 heteroatoms. The van der Waals surface area contributed by atoms with E-state index in [1.165, 1.54) is 18.2 Å². The molecule has 1 aromatic carbocycles. The van der Waals surface area contributed by atoms with Crippen molar-refractivity contribution in [1.29, 1.82) is 0 Å². The maximum Gasteiger partial charge on any atom is 0.224 e. The van der Waals surface area contributed by atoms with Crippen LogP contribution in [-0.2, 0) is 11.2 Å². The molecule has 88 valence electrons. The molecule has 16 heavy (non-hydrogen) atoms. The van der Waals surface area contributed by atoms with Crippen LogP contribution in [0.5, 0.6) is 0 Å². The van der Waals surface area contributed by atoms with E-state index in [-0.39, 0.29) is 23.9 Å². The minimum atomic E-state index is -0.590. The van der Waals surface area contributed by atoms with Crippen LogP contribution >= 0.6 is 11.6 Å². The van der Waals surface area contributed by atoms with Crippen LogP contribution in [0, 0.1) is 5.82 Å². The highest BCUT2D eigenvalue weighted by atomic mass is 35.5. The van der Waals surface area contributed by atoms with Crippen LogP contribution < -0.4 is 5.32 Å². The van der Waals surface area contributed by atoms with Gasteiger partial charge in [-0.1, -0.05) is 17.7 Å². The van der Waals surface area contributed by atoms with Crippen LogP contribution in [-0.4, -0.2) is 23.7 Å². The predicted molar refractivity (Wildman–Crippen MR) is 59.8 cm³/mol. The van der Waals surface area contributed by atoms with Gasteiger partial charge >= 0.3 is 0 Å². The average Bonchev–Trinajstić information content (AvgIpc) is 2.19. The normalized spacial score (nSPS) is 12.2. The summed E-state index contributed by atoms with van der Waals surface area (Å²) in [6.07, 6.45) is -0.515. The Morgan fingerprint density at radius 1 is 1.62 bits per heavy atom. The molecule has 0 spiro atoms. The Bertz CT molecular complexity index is 382. The van der Waals surface area contributed by atoms with Gasteiger partial charge < -0.3 is 10.4 Å². The topological polar surface area (TPSA) is 49.3 Å². The Morgan fingerprint density at radius 3 is 2.88 bits per heavy atom. The second kappa shape index (κ2) is 5.82. The first kappa shape index (κ1) is 12.9. The minimum absolute atomic E-state index is 0.0752. The lowest BCUT2D eigenvalue weighted by molar-refractivity contribution is -0.120. The monoisotopic (exact) mass is 245 g/mol. The maximum atomic E-state index is 12.7.